The van der Waals surface area contributed by atoms with E-state index in [1.165, 1.54) is 4.90 Å². The summed E-state index contributed by atoms with van der Waals surface area (Å²) in [5.74, 6) is 3.55. The van der Waals surface area contributed by atoms with Gasteiger partial charge in [-0.05, 0) is 32.1 Å². The van der Waals surface area contributed by atoms with E-state index in [4.69, 9.17) is 5.11 Å². The fraction of sp³-hybridized carbons (Fsp3) is 0.600. The number of nitrogens with zero attached hydrogens (tertiary/aromatic N) is 1. The van der Waals surface area contributed by atoms with Crippen molar-refractivity contribution in [2.45, 2.75) is 32.2 Å². The lowest BCUT2D eigenvalue weighted by molar-refractivity contribution is -0.149. The molecule has 0 aromatic rings. The predicted octanol–water partition coefficient (Wildman–Crippen LogP) is 0.475. The number of carbonyl (C=O) groups excluding carboxylic acids is 1. The van der Waals surface area contributed by atoms with Crippen LogP contribution in [0.5, 0.6) is 0 Å². The van der Waals surface area contributed by atoms with Gasteiger partial charge >= 0.3 is 5.97 Å². The molecule has 0 aromatic heterocycles. The first-order valence-corrected chi connectivity index (χ1v) is 4.63. The molecule has 14 heavy (non-hydrogen) atoms. The highest BCUT2D eigenvalue weighted by atomic mass is 16.4. The average molecular weight is 195 g/mol. The maximum atomic E-state index is 11.4. The second kappa shape index (κ2) is 4.66. The Morgan fingerprint density at radius 2 is 2.14 bits per heavy atom. The molecular formula is C10H13NO3. The number of hydrogen-bond donors (Lipinski definition) is 1. The molecule has 1 amide bonds. The van der Waals surface area contributed by atoms with Crippen LogP contribution in [-0.2, 0) is 9.59 Å². The maximum absolute atomic E-state index is 11.4. The van der Waals surface area contributed by atoms with Crippen molar-refractivity contribution in [3.63, 3.8) is 0 Å². The second-order valence-electron chi connectivity index (χ2n) is 3.22. The van der Waals surface area contributed by atoms with Crippen LogP contribution in [0.2, 0.25) is 0 Å². The summed E-state index contributed by atoms with van der Waals surface area (Å²) in [7, 11) is 0. The van der Waals surface area contributed by atoms with Crippen LogP contribution in [-0.4, -0.2) is 34.5 Å². The molecule has 0 bridgehead atoms. The number of aliphatic carboxylic acids is 1. The van der Waals surface area contributed by atoms with Gasteiger partial charge in [0.2, 0.25) is 0 Å². The molecule has 1 unspecified atom stereocenters. The first-order chi connectivity index (χ1) is 6.66. The van der Waals surface area contributed by atoms with Gasteiger partial charge in [-0.15, -0.1) is 0 Å². The molecule has 0 spiro atoms. The molecule has 0 saturated carbocycles. The van der Waals surface area contributed by atoms with Gasteiger partial charge in [0.15, 0.2) is 0 Å². The fourth-order valence-electron chi connectivity index (χ4n) is 1.61. The van der Waals surface area contributed by atoms with E-state index in [0.717, 1.165) is 12.8 Å². The highest BCUT2D eigenvalue weighted by Gasteiger charge is 2.30. The van der Waals surface area contributed by atoms with Crippen LogP contribution in [0.4, 0.5) is 0 Å². The van der Waals surface area contributed by atoms with E-state index in [0.29, 0.717) is 13.0 Å². The quantitative estimate of drug-likeness (QED) is 0.619. The van der Waals surface area contributed by atoms with Crippen LogP contribution in [0.25, 0.3) is 0 Å². The second-order valence-corrected chi connectivity index (χ2v) is 3.22. The molecule has 1 N–H and O–H groups in total. The largest absolute Gasteiger partial charge is 0.480 e. The topological polar surface area (TPSA) is 57.6 Å². The molecule has 1 aliphatic heterocycles. The van der Waals surface area contributed by atoms with Crippen molar-refractivity contribution >= 4 is 11.9 Å². The van der Waals surface area contributed by atoms with Crippen molar-refractivity contribution in [1.29, 1.82) is 0 Å². The summed E-state index contributed by atoms with van der Waals surface area (Å²) in [6.45, 7) is 2.07. The summed E-state index contributed by atoms with van der Waals surface area (Å²) >= 11 is 0. The molecule has 0 aliphatic carbocycles. The van der Waals surface area contributed by atoms with Gasteiger partial charge in [-0.25, -0.2) is 4.79 Å². The molecule has 1 heterocycles. The van der Waals surface area contributed by atoms with E-state index in [2.05, 4.69) is 11.8 Å². The minimum absolute atomic E-state index is 0.375. The van der Waals surface area contributed by atoms with Crippen molar-refractivity contribution in [3.05, 3.63) is 0 Å². The van der Waals surface area contributed by atoms with Crippen LogP contribution in [0, 0.1) is 11.8 Å². The Kier molecular flexibility index (Phi) is 3.52. The summed E-state index contributed by atoms with van der Waals surface area (Å²) in [5.41, 5.74) is 0. The van der Waals surface area contributed by atoms with Crippen LogP contribution < -0.4 is 0 Å². The highest BCUT2D eigenvalue weighted by Crippen LogP contribution is 2.16. The lowest BCUT2D eigenvalue weighted by Crippen LogP contribution is -2.47. The molecule has 1 aliphatic rings. The first kappa shape index (κ1) is 10.6. The summed E-state index contributed by atoms with van der Waals surface area (Å²) < 4.78 is 0. The molecule has 0 aromatic carbocycles. The Balaban J connectivity index is 2.75. The zero-order valence-electron chi connectivity index (χ0n) is 8.12. The van der Waals surface area contributed by atoms with E-state index >= 15 is 0 Å². The highest BCUT2D eigenvalue weighted by molar-refractivity contribution is 5.96. The van der Waals surface area contributed by atoms with Gasteiger partial charge in [-0.1, -0.05) is 5.92 Å². The Morgan fingerprint density at radius 1 is 1.43 bits per heavy atom. The summed E-state index contributed by atoms with van der Waals surface area (Å²) in [6.07, 6.45) is 2.26. The normalized spacial score (nSPS) is 20.9. The monoisotopic (exact) mass is 195 g/mol. The molecule has 1 fully saturated rings. The third-order valence-electron chi connectivity index (χ3n) is 2.28. The predicted molar refractivity (Wildman–Crippen MR) is 50.4 cm³/mol. The summed E-state index contributed by atoms with van der Waals surface area (Å²) in [6, 6.07) is -0.683. The number of hydrogen-bond acceptors (Lipinski definition) is 2. The summed E-state index contributed by atoms with van der Waals surface area (Å²) in [5, 5.41) is 8.88. The average Bonchev–Trinajstić information content (AvgIpc) is 2.18. The van der Waals surface area contributed by atoms with E-state index in [1.807, 2.05) is 0 Å². The number of carboxylic acids is 1. The van der Waals surface area contributed by atoms with Crippen molar-refractivity contribution in [2.24, 2.45) is 0 Å². The minimum Gasteiger partial charge on any atom is -0.480 e. The van der Waals surface area contributed by atoms with E-state index in [1.54, 1.807) is 6.92 Å². The summed E-state index contributed by atoms with van der Waals surface area (Å²) in [4.78, 5) is 23.6. The van der Waals surface area contributed by atoms with Crippen molar-refractivity contribution in [3.8, 4) is 11.8 Å². The van der Waals surface area contributed by atoms with Crippen molar-refractivity contribution < 1.29 is 14.7 Å². The Hall–Kier alpha value is -1.50. The van der Waals surface area contributed by atoms with Gasteiger partial charge in [-0.3, -0.25) is 4.79 Å². The Bertz CT molecular complexity index is 300. The fourth-order valence-corrected chi connectivity index (χ4v) is 1.61. The van der Waals surface area contributed by atoms with Crippen LogP contribution in [0.15, 0.2) is 0 Å². The SMILES string of the molecule is CC#CC(=O)N1CCCCC1C(=O)O. The van der Waals surface area contributed by atoms with Gasteiger partial charge in [0.1, 0.15) is 6.04 Å². The number of carbonyl (C=O) groups is 2. The zero-order valence-corrected chi connectivity index (χ0v) is 8.12. The molecule has 4 heteroatoms. The van der Waals surface area contributed by atoms with E-state index in [-0.39, 0.29) is 5.91 Å². The third kappa shape index (κ3) is 2.25. The smallest absolute Gasteiger partial charge is 0.326 e. The first-order valence-electron chi connectivity index (χ1n) is 4.63. The van der Waals surface area contributed by atoms with Gasteiger partial charge in [-0.2, -0.15) is 0 Å². The van der Waals surface area contributed by atoms with Gasteiger partial charge in [0, 0.05) is 6.54 Å². The standard InChI is InChI=1S/C10H13NO3/c1-2-5-9(12)11-7-4-3-6-8(11)10(13)14/h8H,3-4,6-7H2,1H3,(H,13,14). The third-order valence-corrected chi connectivity index (χ3v) is 2.28. The number of likely N-dealkylation sites (tertiary alicyclic amines) is 1. The number of piperidine rings is 1. The Labute approximate surface area is 82.9 Å². The Morgan fingerprint density at radius 3 is 2.71 bits per heavy atom. The van der Waals surface area contributed by atoms with Crippen molar-refractivity contribution in [2.75, 3.05) is 6.54 Å². The lowest BCUT2D eigenvalue weighted by atomic mass is 10.0. The molecule has 4 nitrogen and oxygen atoms in total. The van der Waals surface area contributed by atoms with Crippen LogP contribution >= 0.6 is 0 Å². The lowest BCUT2D eigenvalue weighted by Gasteiger charge is -2.31. The molecule has 1 saturated heterocycles. The molecule has 76 valence electrons. The molecule has 1 atom stereocenters. The number of amides is 1. The number of rotatable bonds is 1. The minimum atomic E-state index is -0.934. The molecule has 0 radical (unpaired) electrons. The van der Waals surface area contributed by atoms with E-state index in [9.17, 15) is 9.59 Å². The zero-order chi connectivity index (χ0) is 10.6. The van der Waals surface area contributed by atoms with Gasteiger partial charge in [0.25, 0.3) is 5.91 Å². The van der Waals surface area contributed by atoms with Gasteiger partial charge in [0.05, 0.1) is 0 Å². The van der Waals surface area contributed by atoms with Crippen LogP contribution in [0.3, 0.4) is 0 Å². The molecule has 1 rings (SSSR count). The van der Waals surface area contributed by atoms with Gasteiger partial charge < -0.3 is 10.0 Å². The maximum Gasteiger partial charge on any atom is 0.326 e. The molecular weight excluding hydrogens is 182 g/mol. The number of carboxylic acid groups (broad SMARTS) is 1. The van der Waals surface area contributed by atoms with E-state index < -0.39 is 12.0 Å². The van der Waals surface area contributed by atoms with Crippen LogP contribution in [0.1, 0.15) is 26.2 Å². The van der Waals surface area contributed by atoms with Crippen molar-refractivity contribution in [1.82, 2.24) is 4.90 Å².